The van der Waals surface area contributed by atoms with Gasteiger partial charge in [0.25, 0.3) is 0 Å². The number of hydrogen-bond acceptors (Lipinski definition) is 5. The molecule has 1 aliphatic heterocycles. The number of carbonyl (C=O) groups is 1. The summed E-state index contributed by atoms with van der Waals surface area (Å²) in [5, 5.41) is 0. The van der Waals surface area contributed by atoms with Crippen molar-refractivity contribution in [3.8, 4) is 5.88 Å². The van der Waals surface area contributed by atoms with Gasteiger partial charge in [0.05, 0.1) is 6.61 Å². The zero-order valence-electron chi connectivity index (χ0n) is 14.8. The molecule has 6 nitrogen and oxygen atoms in total. The van der Waals surface area contributed by atoms with E-state index in [-0.39, 0.29) is 5.91 Å². The van der Waals surface area contributed by atoms with Crippen LogP contribution < -0.4 is 9.64 Å². The van der Waals surface area contributed by atoms with Crippen molar-refractivity contribution >= 4 is 11.7 Å². The Kier molecular flexibility index (Phi) is 5.53. The van der Waals surface area contributed by atoms with Crippen molar-refractivity contribution in [1.29, 1.82) is 0 Å². The lowest BCUT2D eigenvalue weighted by atomic mass is 9.89. The zero-order valence-corrected chi connectivity index (χ0v) is 14.8. The maximum Gasteiger partial charge on any atom is 0.219 e. The fourth-order valence-electron chi connectivity index (χ4n) is 3.79. The standard InChI is InChI=1S/C18H28N4O2/c1-3-24-18-12-17(19-13-20-18)21-10-5-8-16(9-11-21)22(14(2)23)15-6-4-7-15/h12-13,15-16H,3-11H2,1-2H3. The highest BCUT2D eigenvalue weighted by molar-refractivity contribution is 5.74. The molecule has 1 aromatic rings. The van der Waals surface area contributed by atoms with Crippen molar-refractivity contribution in [2.75, 3.05) is 24.6 Å². The number of aromatic nitrogens is 2. The Labute approximate surface area is 144 Å². The molecule has 1 unspecified atom stereocenters. The Hall–Kier alpha value is -1.85. The van der Waals surface area contributed by atoms with Crippen LogP contribution >= 0.6 is 0 Å². The number of carbonyl (C=O) groups excluding carboxylic acids is 1. The van der Waals surface area contributed by atoms with E-state index >= 15 is 0 Å². The predicted octanol–water partition coefficient (Wildman–Crippen LogP) is 2.64. The summed E-state index contributed by atoms with van der Waals surface area (Å²) in [6.45, 7) is 6.17. The third-order valence-corrected chi connectivity index (χ3v) is 5.17. The van der Waals surface area contributed by atoms with Gasteiger partial charge in [-0.1, -0.05) is 0 Å². The van der Waals surface area contributed by atoms with Crippen molar-refractivity contribution in [3.63, 3.8) is 0 Å². The lowest BCUT2D eigenvalue weighted by Crippen LogP contribution is -2.49. The van der Waals surface area contributed by atoms with Gasteiger partial charge in [-0.2, -0.15) is 0 Å². The zero-order chi connectivity index (χ0) is 16.9. The second-order valence-electron chi connectivity index (χ2n) is 6.73. The summed E-state index contributed by atoms with van der Waals surface area (Å²) in [5.41, 5.74) is 0. The van der Waals surface area contributed by atoms with Gasteiger partial charge in [-0.25, -0.2) is 9.97 Å². The van der Waals surface area contributed by atoms with Crippen LogP contribution in [0.5, 0.6) is 5.88 Å². The third-order valence-electron chi connectivity index (χ3n) is 5.17. The van der Waals surface area contributed by atoms with E-state index in [9.17, 15) is 4.79 Å². The van der Waals surface area contributed by atoms with Gasteiger partial charge >= 0.3 is 0 Å². The Bertz CT molecular complexity index is 562. The molecule has 1 aliphatic carbocycles. The fraction of sp³-hybridized carbons (Fsp3) is 0.722. The van der Waals surface area contributed by atoms with Crippen LogP contribution in [-0.4, -0.2) is 52.6 Å². The lowest BCUT2D eigenvalue weighted by molar-refractivity contribution is -0.136. The highest BCUT2D eigenvalue weighted by Crippen LogP contribution is 2.30. The van der Waals surface area contributed by atoms with Crippen molar-refractivity contribution in [3.05, 3.63) is 12.4 Å². The molecule has 2 aliphatic rings. The van der Waals surface area contributed by atoms with Crippen LogP contribution in [0.2, 0.25) is 0 Å². The van der Waals surface area contributed by atoms with E-state index in [2.05, 4.69) is 19.8 Å². The summed E-state index contributed by atoms with van der Waals surface area (Å²) in [6, 6.07) is 2.76. The first-order valence-electron chi connectivity index (χ1n) is 9.17. The van der Waals surface area contributed by atoms with Gasteiger partial charge in [0, 0.05) is 38.2 Å². The summed E-state index contributed by atoms with van der Waals surface area (Å²) in [7, 11) is 0. The quantitative estimate of drug-likeness (QED) is 0.829. The Morgan fingerprint density at radius 1 is 1.21 bits per heavy atom. The Morgan fingerprint density at radius 3 is 2.62 bits per heavy atom. The number of amides is 1. The minimum Gasteiger partial charge on any atom is -0.478 e. The summed E-state index contributed by atoms with van der Waals surface area (Å²) in [5.74, 6) is 1.79. The maximum absolute atomic E-state index is 12.1. The summed E-state index contributed by atoms with van der Waals surface area (Å²) in [4.78, 5) is 25.1. The van der Waals surface area contributed by atoms with Crippen molar-refractivity contribution in [1.82, 2.24) is 14.9 Å². The van der Waals surface area contributed by atoms with E-state index in [0.717, 1.165) is 38.2 Å². The average molecular weight is 332 g/mol. The largest absolute Gasteiger partial charge is 0.478 e. The van der Waals surface area contributed by atoms with E-state index in [0.29, 0.717) is 24.6 Å². The molecule has 1 saturated carbocycles. The molecule has 1 saturated heterocycles. The molecule has 0 radical (unpaired) electrons. The van der Waals surface area contributed by atoms with Crippen LogP contribution in [0.1, 0.15) is 52.4 Å². The third kappa shape index (κ3) is 3.79. The molecule has 3 rings (SSSR count). The van der Waals surface area contributed by atoms with E-state index < -0.39 is 0 Å². The monoisotopic (exact) mass is 332 g/mol. The fourth-order valence-corrected chi connectivity index (χ4v) is 3.79. The molecule has 1 amide bonds. The molecule has 1 atom stereocenters. The Morgan fingerprint density at radius 2 is 1.96 bits per heavy atom. The first-order chi connectivity index (χ1) is 11.7. The SMILES string of the molecule is CCOc1cc(N2CCCC(N(C(C)=O)C3CCC3)CC2)ncn1. The topological polar surface area (TPSA) is 58.6 Å². The van der Waals surface area contributed by atoms with Gasteiger partial charge in [0.1, 0.15) is 12.1 Å². The highest BCUT2D eigenvalue weighted by Gasteiger charge is 2.33. The van der Waals surface area contributed by atoms with Crippen molar-refractivity contribution in [2.45, 2.75) is 64.5 Å². The van der Waals surface area contributed by atoms with Gasteiger partial charge in [-0.15, -0.1) is 0 Å². The van der Waals surface area contributed by atoms with Crippen LogP contribution in [0.3, 0.4) is 0 Å². The highest BCUT2D eigenvalue weighted by atomic mass is 16.5. The van der Waals surface area contributed by atoms with Gasteiger partial charge in [-0.05, 0) is 45.4 Å². The summed E-state index contributed by atoms with van der Waals surface area (Å²) >= 11 is 0. The van der Waals surface area contributed by atoms with E-state index in [1.807, 2.05) is 13.0 Å². The molecule has 0 bridgehead atoms. The van der Waals surface area contributed by atoms with E-state index in [1.54, 1.807) is 13.3 Å². The van der Waals surface area contributed by atoms with Crippen molar-refractivity contribution in [2.24, 2.45) is 0 Å². The van der Waals surface area contributed by atoms with Crippen LogP contribution in [0, 0.1) is 0 Å². The predicted molar refractivity (Wildman–Crippen MR) is 93.2 cm³/mol. The minimum atomic E-state index is 0.235. The second kappa shape index (κ2) is 7.81. The average Bonchev–Trinajstić information content (AvgIpc) is 2.77. The van der Waals surface area contributed by atoms with E-state index in [4.69, 9.17) is 4.74 Å². The molecular weight excluding hydrogens is 304 g/mol. The van der Waals surface area contributed by atoms with Crippen LogP contribution in [0.4, 0.5) is 5.82 Å². The van der Waals surface area contributed by atoms with Gasteiger partial charge < -0.3 is 14.5 Å². The number of hydrogen-bond donors (Lipinski definition) is 0. The number of nitrogens with zero attached hydrogens (tertiary/aromatic N) is 4. The summed E-state index contributed by atoms with van der Waals surface area (Å²) < 4.78 is 5.48. The molecule has 6 heteroatoms. The van der Waals surface area contributed by atoms with Gasteiger partial charge in [-0.3, -0.25) is 4.79 Å². The molecule has 24 heavy (non-hydrogen) atoms. The van der Waals surface area contributed by atoms with Crippen molar-refractivity contribution < 1.29 is 9.53 Å². The van der Waals surface area contributed by atoms with Gasteiger partial charge in [0.2, 0.25) is 11.8 Å². The molecular formula is C18H28N4O2. The lowest BCUT2D eigenvalue weighted by Gasteiger charge is -2.42. The molecule has 2 fully saturated rings. The van der Waals surface area contributed by atoms with Gasteiger partial charge in [0.15, 0.2) is 0 Å². The first kappa shape index (κ1) is 17.0. The molecule has 2 heterocycles. The molecule has 1 aromatic heterocycles. The molecule has 132 valence electrons. The number of rotatable bonds is 5. The number of anilines is 1. The normalized spacial score (nSPS) is 21.8. The molecule has 0 aromatic carbocycles. The number of ether oxygens (including phenoxy) is 1. The van der Waals surface area contributed by atoms with Crippen LogP contribution in [-0.2, 0) is 4.79 Å². The van der Waals surface area contributed by atoms with Crippen LogP contribution in [0.15, 0.2) is 12.4 Å². The smallest absolute Gasteiger partial charge is 0.219 e. The summed E-state index contributed by atoms with van der Waals surface area (Å²) in [6.07, 6.45) is 8.33. The molecule has 0 N–H and O–H groups in total. The van der Waals surface area contributed by atoms with E-state index in [1.165, 1.54) is 19.3 Å². The Balaban J connectivity index is 1.66. The minimum absolute atomic E-state index is 0.235. The van der Waals surface area contributed by atoms with Crippen LogP contribution in [0.25, 0.3) is 0 Å². The first-order valence-corrected chi connectivity index (χ1v) is 9.17. The molecule has 0 spiro atoms. The maximum atomic E-state index is 12.1. The second-order valence-corrected chi connectivity index (χ2v) is 6.73.